The summed E-state index contributed by atoms with van der Waals surface area (Å²) >= 11 is 0. The van der Waals surface area contributed by atoms with E-state index >= 15 is 0 Å². The summed E-state index contributed by atoms with van der Waals surface area (Å²) in [5.41, 5.74) is 1.70. The molecule has 2 aromatic rings. The van der Waals surface area contributed by atoms with Crippen LogP contribution in [0.1, 0.15) is 22.7 Å². The summed E-state index contributed by atoms with van der Waals surface area (Å²) < 4.78 is 40.1. The monoisotopic (exact) mass is 279 g/mol. The van der Waals surface area contributed by atoms with Crippen LogP contribution in [0.15, 0.2) is 36.4 Å². The van der Waals surface area contributed by atoms with Gasteiger partial charge >= 0.3 is 0 Å². The van der Waals surface area contributed by atoms with Gasteiger partial charge in [-0.1, -0.05) is 12.1 Å². The molecule has 0 aromatic heterocycles. The molecule has 0 bridgehead atoms. The van der Waals surface area contributed by atoms with Gasteiger partial charge in [0.2, 0.25) is 0 Å². The predicted octanol–water partition coefficient (Wildman–Crippen LogP) is 3.92. The van der Waals surface area contributed by atoms with Gasteiger partial charge in [0, 0.05) is 17.7 Å². The lowest BCUT2D eigenvalue weighted by Crippen LogP contribution is -2.20. The first-order valence-electron chi connectivity index (χ1n) is 6.38. The van der Waals surface area contributed by atoms with Crippen molar-refractivity contribution in [3.8, 4) is 0 Å². The van der Waals surface area contributed by atoms with E-state index in [9.17, 15) is 13.2 Å². The SMILES string of the molecule is CNC(Cc1ccc(F)cc1)c1cc(C)c(F)cc1F. The number of halogens is 3. The Morgan fingerprint density at radius 1 is 1.00 bits per heavy atom. The van der Waals surface area contributed by atoms with E-state index in [1.165, 1.54) is 18.2 Å². The van der Waals surface area contributed by atoms with Crippen molar-refractivity contribution in [1.82, 2.24) is 5.32 Å². The van der Waals surface area contributed by atoms with Crippen molar-refractivity contribution in [2.24, 2.45) is 0 Å². The van der Waals surface area contributed by atoms with Crippen LogP contribution in [0.25, 0.3) is 0 Å². The number of rotatable bonds is 4. The molecule has 4 heteroatoms. The second-order valence-corrected chi connectivity index (χ2v) is 4.79. The van der Waals surface area contributed by atoms with Crippen molar-refractivity contribution in [2.75, 3.05) is 7.05 Å². The molecule has 0 radical (unpaired) electrons. The Morgan fingerprint density at radius 2 is 1.65 bits per heavy atom. The molecule has 20 heavy (non-hydrogen) atoms. The molecule has 1 N–H and O–H groups in total. The molecule has 0 aliphatic heterocycles. The van der Waals surface area contributed by atoms with E-state index < -0.39 is 11.6 Å². The van der Waals surface area contributed by atoms with E-state index in [4.69, 9.17) is 0 Å². The van der Waals surface area contributed by atoms with Crippen molar-refractivity contribution in [3.05, 3.63) is 70.5 Å². The molecular formula is C16H16F3N. The summed E-state index contributed by atoms with van der Waals surface area (Å²) in [5, 5.41) is 3.01. The van der Waals surface area contributed by atoms with Crippen LogP contribution in [-0.2, 0) is 6.42 Å². The maximum atomic E-state index is 13.9. The molecule has 0 aliphatic rings. The van der Waals surface area contributed by atoms with Crippen molar-refractivity contribution < 1.29 is 13.2 Å². The zero-order valence-electron chi connectivity index (χ0n) is 11.4. The number of benzene rings is 2. The summed E-state index contributed by atoms with van der Waals surface area (Å²) in [6, 6.07) is 8.18. The Hall–Kier alpha value is -1.81. The molecule has 0 saturated carbocycles. The van der Waals surface area contributed by atoms with Crippen molar-refractivity contribution in [3.63, 3.8) is 0 Å². The van der Waals surface area contributed by atoms with E-state index in [1.807, 2.05) is 0 Å². The maximum Gasteiger partial charge on any atom is 0.130 e. The molecule has 0 fully saturated rings. The van der Waals surface area contributed by atoms with E-state index in [0.29, 0.717) is 17.5 Å². The zero-order valence-corrected chi connectivity index (χ0v) is 11.4. The molecule has 2 rings (SSSR count). The Balaban J connectivity index is 2.28. The van der Waals surface area contributed by atoms with Crippen LogP contribution in [0.2, 0.25) is 0 Å². The zero-order chi connectivity index (χ0) is 14.7. The van der Waals surface area contributed by atoms with Gasteiger partial charge in [0.05, 0.1) is 0 Å². The third kappa shape index (κ3) is 3.20. The molecule has 106 valence electrons. The van der Waals surface area contributed by atoms with Gasteiger partial charge in [0.1, 0.15) is 17.5 Å². The molecule has 2 aromatic carbocycles. The van der Waals surface area contributed by atoms with Crippen LogP contribution in [0.3, 0.4) is 0 Å². The van der Waals surface area contributed by atoms with Crippen LogP contribution < -0.4 is 5.32 Å². The largest absolute Gasteiger partial charge is 0.313 e. The fourth-order valence-corrected chi connectivity index (χ4v) is 2.17. The van der Waals surface area contributed by atoms with Gasteiger partial charge in [-0.3, -0.25) is 0 Å². The minimum atomic E-state index is -0.574. The third-order valence-electron chi connectivity index (χ3n) is 3.35. The van der Waals surface area contributed by atoms with E-state index in [0.717, 1.165) is 11.6 Å². The highest BCUT2D eigenvalue weighted by molar-refractivity contribution is 5.30. The average molecular weight is 279 g/mol. The second kappa shape index (κ2) is 6.09. The summed E-state index contributed by atoms with van der Waals surface area (Å²) in [5.74, 6) is -1.43. The molecule has 0 spiro atoms. The average Bonchev–Trinajstić information content (AvgIpc) is 2.43. The van der Waals surface area contributed by atoms with Crippen molar-refractivity contribution in [1.29, 1.82) is 0 Å². The van der Waals surface area contributed by atoms with E-state index in [1.54, 1.807) is 26.1 Å². The number of aryl methyl sites for hydroxylation is 1. The summed E-state index contributed by atoms with van der Waals surface area (Å²) in [6.45, 7) is 1.60. The van der Waals surface area contributed by atoms with Gasteiger partial charge in [-0.15, -0.1) is 0 Å². The lowest BCUT2D eigenvalue weighted by atomic mass is 9.97. The number of hydrogen-bond acceptors (Lipinski definition) is 1. The minimum absolute atomic E-state index is 0.292. The van der Waals surface area contributed by atoms with Gasteiger partial charge in [-0.2, -0.15) is 0 Å². The first-order valence-corrected chi connectivity index (χ1v) is 6.38. The molecule has 1 unspecified atom stereocenters. The van der Waals surface area contributed by atoms with Crippen LogP contribution >= 0.6 is 0 Å². The summed E-state index contributed by atoms with van der Waals surface area (Å²) in [7, 11) is 1.71. The number of likely N-dealkylation sites (N-methyl/N-ethyl adjacent to an activating group) is 1. The van der Waals surface area contributed by atoms with Gasteiger partial charge in [-0.05, 0) is 49.7 Å². The Morgan fingerprint density at radius 3 is 2.25 bits per heavy atom. The number of nitrogens with one attached hydrogen (secondary N) is 1. The Labute approximate surface area is 116 Å². The molecule has 0 aliphatic carbocycles. The molecule has 1 nitrogen and oxygen atoms in total. The van der Waals surface area contributed by atoms with Crippen LogP contribution in [-0.4, -0.2) is 7.05 Å². The fourth-order valence-electron chi connectivity index (χ4n) is 2.17. The predicted molar refractivity (Wildman–Crippen MR) is 73.0 cm³/mol. The van der Waals surface area contributed by atoms with Gasteiger partial charge in [-0.25, -0.2) is 13.2 Å². The maximum absolute atomic E-state index is 13.9. The molecule has 1 atom stereocenters. The first-order chi connectivity index (χ1) is 9.51. The highest BCUT2D eigenvalue weighted by Gasteiger charge is 2.16. The standard InChI is InChI=1S/C16H16F3N/c1-10-7-13(15(19)9-14(10)18)16(20-2)8-11-3-5-12(17)6-4-11/h3-7,9,16,20H,8H2,1-2H3. The van der Waals surface area contributed by atoms with Crippen molar-refractivity contribution >= 4 is 0 Å². The quantitative estimate of drug-likeness (QED) is 0.894. The van der Waals surface area contributed by atoms with E-state index in [-0.39, 0.29) is 11.9 Å². The molecular weight excluding hydrogens is 263 g/mol. The van der Waals surface area contributed by atoms with Crippen molar-refractivity contribution in [2.45, 2.75) is 19.4 Å². The first kappa shape index (κ1) is 14.6. The van der Waals surface area contributed by atoms with E-state index in [2.05, 4.69) is 5.32 Å². The lowest BCUT2D eigenvalue weighted by molar-refractivity contribution is 0.518. The van der Waals surface area contributed by atoms with Crippen LogP contribution in [0, 0.1) is 24.4 Å². The minimum Gasteiger partial charge on any atom is -0.313 e. The second-order valence-electron chi connectivity index (χ2n) is 4.79. The highest BCUT2D eigenvalue weighted by atomic mass is 19.1. The molecule has 0 saturated heterocycles. The Bertz CT molecular complexity index is 593. The fraction of sp³-hybridized carbons (Fsp3) is 0.250. The van der Waals surface area contributed by atoms with Crippen LogP contribution in [0.5, 0.6) is 0 Å². The van der Waals surface area contributed by atoms with Gasteiger partial charge < -0.3 is 5.32 Å². The van der Waals surface area contributed by atoms with Gasteiger partial charge in [0.15, 0.2) is 0 Å². The smallest absolute Gasteiger partial charge is 0.130 e. The number of hydrogen-bond donors (Lipinski definition) is 1. The summed E-state index contributed by atoms with van der Waals surface area (Å²) in [4.78, 5) is 0. The highest BCUT2D eigenvalue weighted by Crippen LogP contribution is 2.24. The Kier molecular flexibility index (Phi) is 4.45. The summed E-state index contributed by atoms with van der Waals surface area (Å²) in [6.07, 6.45) is 0.499. The van der Waals surface area contributed by atoms with Crippen LogP contribution in [0.4, 0.5) is 13.2 Å². The third-order valence-corrected chi connectivity index (χ3v) is 3.35. The lowest BCUT2D eigenvalue weighted by Gasteiger charge is -2.18. The topological polar surface area (TPSA) is 12.0 Å². The van der Waals surface area contributed by atoms with Gasteiger partial charge in [0.25, 0.3) is 0 Å². The normalized spacial score (nSPS) is 12.4. The molecule has 0 heterocycles. The molecule has 0 amide bonds.